The number of aromatic nitrogens is 1. The molecule has 23 heavy (non-hydrogen) atoms. The van der Waals surface area contributed by atoms with E-state index >= 15 is 0 Å². The Kier molecular flexibility index (Phi) is 3.54. The fraction of sp³-hybridized carbons (Fsp3) is 0.133. The fourth-order valence-corrected chi connectivity index (χ4v) is 2.36. The number of carbonyl (C=O) groups is 1. The van der Waals surface area contributed by atoms with E-state index in [1.165, 1.54) is 18.3 Å². The zero-order chi connectivity index (χ0) is 16.6. The van der Waals surface area contributed by atoms with Crippen molar-refractivity contribution in [1.29, 1.82) is 5.26 Å². The Morgan fingerprint density at radius 1 is 1.39 bits per heavy atom. The van der Waals surface area contributed by atoms with Crippen LogP contribution < -0.4 is 15.3 Å². The number of pyridine rings is 1. The highest BCUT2D eigenvalue weighted by atomic mass is 19.1. The molecule has 0 spiro atoms. The van der Waals surface area contributed by atoms with Crippen molar-refractivity contribution in [2.45, 2.75) is 12.8 Å². The molecule has 1 amide bonds. The first-order valence-corrected chi connectivity index (χ1v) is 6.72. The second-order valence-electron chi connectivity index (χ2n) is 5.09. The Morgan fingerprint density at radius 3 is 2.91 bits per heavy atom. The predicted octanol–water partition coefficient (Wildman–Crippen LogP) is 1.93. The third-order valence-corrected chi connectivity index (χ3v) is 3.52. The van der Waals surface area contributed by atoms with E-state index in [9.17, 15) is 14.4 Å². The van der Waals surface area contributed by atoms with Crippen LogP contribution in [0.15, 0.2) is 30.5 Å². The summed E-state index contributed by atoms with van der Waals surface area (Å²) in [5.74, 6) is 4.97. The molecule has 0 saturated heterocycles. The third kappa shape index (κ3) is 2.64. The lowest BCUT2D eigenvalue weighted by Gasteiger charge is -2.25. The molecule has 2 aromatic rings. The third-order valence-electron chi connectivity index (χ3n) is 3.52. The van der Waals surface area contributed by atoms with Gasteiger partial charge >= 0.3 is 5.91 Å². The van der Waals surface area contributed by atoms with Crippen LogP contribution in [0.4, 0.5) is 10.2 Å². The van der Waals surface area contributed by atoms with E-state index in [1.807, 2.05) is 6.07 Å². The quantitative estimate of drug-likeness (QED) is 0.379. The molecule has 3 N–H and O–H groups in total. The number of nitriles is 1. The number of hydroxylamine groups is 1. The van der Waals surface area contributed by atoms with Crippen LogP contribution in [0.1, 0.15) is 17.5 Å². The van der Waals surface area contributed by atoms with E-state index in [2.05, 4.69) is 4.98 Å². The normalized spacial score (nSPS) is 19.8. The summed E-state index contributed by atoms with van der Waals surface area (Å²) in [6.07, 6.45) is 1.72. The van der Waals surface area contributed by atoms with Gasteiger partial charge in [0, 0.05) is 10.3 Å². The van der Waals surface area contributed by atoms with Gasteiger partial charge in [0.1, 0.15) is 23.4 Å². The van der Waals surface area contributed by atoms with Crippen LogP contribution in [0.5, 0.6) is 11.5 Å². The second kappa shape index (κ2) is 5.40. The topological polar surface area (TPSA) is 109 Å². The molecular weight excluding hydrogens is 303 g/mol. The molecule has 2 heterocycles. The molecule has 1 aromatic carbocycles. The Labute approximate surface area is 130 Å². The number of halogens is 1. The molecule has 1 aromatic heterocycles. The van der Waals surface area contributed by atoms with Gasteiger partial charge < -0.3 is 4.74 Å². The number of fused-ring (bicyclic) bond motifs is 1. The molecule has 1 atom stereocenters. The minimum absolute atomic E-state index is 0.0354. The monoisotopic (exact) mass is 315 g/mol. The number of quaternary nitrogens is 1. The first-order valence-electron chi connectivity index (χ1n) is 6.72. The van der Waals surface area contributed by atoms with Crippen molar-refractivity contribution in [3.8, 4) is 17.6 Å². The number of aryl methyl sites for hydroxylation is 1. The van der Waals surface area contributed by atoms with Gasteiger partial charge in [0.15, 0.2) is 0 Å². The lowest BCUT2D eigenvalue weighted by atomic mass is 10.1. The summed E-state index contributed by atoms with van der Waals surface area (Å²) in [5, 5.41) is 19.0. The van der Waals surface area contributed by atoms with Gasteiger partial charge in [-0.3, -0.25) is 0 Å². The van der Waals surface area contributed by atoms with Crippen LogP contribution in [0, 0.1) is 17.1 Å². The number of nitrogens with zero attached hydrogens (tertiary/aromatic N) is 3. The first-order chi connectivity index (χ1) is 10.9. The van der Waals surface area contributed by atoms with Gasteiger partial charge in [-0.1, -0.05) is 0 Å². The Balaban J connectivity index is 1.95. The van der Waals surface area contributed by atoms with Gasteiger partial charge in [0.2, 0.25) is 0 Å². The van der Waals surface area contributed by atoms with Gasteiger partial charge in [0.25, 0.3) is 5.82 Å². The van der Waals surface area contributed by atoms with Gasteiger partial charge in [0.05, 0.1) is 18.2 Å². The maximum Gasteiger partial charge on any atom is 0.372 e. The number of nitrogens with two attached hydrogens (primary N) is 1. The highest BCUT2D eigenvalue weighted by Crippen LogP contribution is 2.32. The van der Waals surface area contributed by atoms with Crippen LogP contribution in [0.25, 0.3) is 0 Å². The lowest BCUT2D eigenvalue weighted by molar-refractivity contribution is -0.165. The van der Waals surface area contributed by atoms with E-state index < -0.39 is 16.5 Å². The van der Waals surface area contributed by atoms with E-state index in [0.717, 1.165) is 6.07 Å². The summed E-state index contributed by atoms with van der Waals surface area (Å²) in [7, 11) is 0. The van der Waals surface area contributed by atoms with Crippen molar-refractivity contribution in [3.05, 3.63) is 47.4 Å². The number of hydrogen-bond donors (Lipinski definition) is 2. The fourth-order valence-electron chi connectivity index (χ4n) is 2.36. The standard InChI is InChI=1S/C15H12FN4O3/c16-11-2-3-13(10(5-11)7-17)23-12-6-9-1-4-14(21)20(18,22)15(9)19-8-12/h2-3,5-6,8,22H,1,4,18H2/q+1. The number of ether oxygens (including phenoxy) is 1. The molecule has 0 bridgehead atoms. The minimum Gasteiger partial charge on any atom is -0.454 e. The second-order valence-corrected chi connectivity index (χ2v) is 5.09. The first kappa shape index (κ1) is 15.1. The largest absolute Gasteiger partial charge is 0.454 e. The zero-order valence-corrected chi connectivity index (χ0v) is 11.9. The van der Waals surface area contributed by atoms with Gasteiger partial charge in [-0.05, 0) is 30.7 Å². The highest BCUT2D eigenvalue weighted by Gasteiger charge is 2.42. The average Bonchev–Trinajstić information content (AvgIpc) is 2.53. The number of hydrogen-bond acceptors (Lipinski definition) is 6. The number of amides is 1. The van der Waals surface area contributed by atoms with Gasteiger partial charge in [-0.2, -0.15) is 15.5 Å². The maximum atomic E-state index is 13.1. The van der Waals surface area contributed by atoms with Crippen LogP contribution in [-0.4, -0.2) is 16.1 Å². The average molecular weight is 315 g/mol. The van der Waals surface area contributed by atoms with Crippen molar-refractivity contribution in [2.75, 3.05) is 0 Å². The Morgan fingerprint density at radius 2 is 2.17 bits per heavy atom. The minimum atomic E-state index is -1.39. The summed E-state index contributed by atoms with van der Waals surface area (Å²) in [6, 6.07) is 7.00. The number of carbonyl (C=O) groups excluding carboxylic acids is 1. The van der Waals surface area contributed by atoms with Crippen LogP contribution in [0.3, 0.4) is 0 Å². The molecule has 0 radical (unpaired) electrons. The molecule has 116 valence electrons. The molecule has 3 rings (SSSR count). The smallest absolute Gasteiger partial charge is 0.372 e. The van der Waals surface area contributed by atoms with E-state index in [0.29, 0.717) is 17.7 Å². The van der Waals surface area contributed by atoms with Crippen molar-refractivity contribution in [1.82, 2.24) is 9.74 Å². The van der Waals surface area contributed by atoms with Crippen molar-refractivity contribution in [2.24, 2.45) is 5.84 Å². The molecule has 8 heteroatoms. The van der Waals surface area contributed by atoms with Crippen molar-refractivity contribution < 1.29 is 19.1 Å². The van der Waals surface area contributed by atoms with Crippen molar-refractivity contribution in [3.63, 3.8) is 0 Å². The van der Waals surface area contributed by atoms with Gasteiger partial charge in [-0.15, -0.1) is 5.84 Å². The molecule has 1 aliphatic heterocycles. The van der Waals surface area contributed by atoms with E-state index in [-0.39, 0.29) is 23.6 Å². The summed E-state index contributed by atoms with van der Waals surface area (Å²) in [5.41, 5.74) is 0.608. The molecular formula is C15H12FN4O3+. The van der Waals surface area contributed by atoms with Gasteiger partial charge in [-0.25, -0.2) is 9.18 Å². The number of benzene rings is 1. The predicted molar refractivity (Wildman–Crippen MR) is 76.5 cm³/mol. The molecule has 0 aliphatic carbocycles. The molecule has 1 unspecified atom stereocenters. The maximum absolute atomic E-state index is 13.1. The SMILES string of the molecule is N#Cc1cc(F)ccc1Oc1cnc2c(c1)CCC(=O)[N+]2(N)O. The lowest BCUT2D eigenvalue weighted by Crippen LogP contribution is -2.60. The highest BCUT2D eigenvalue weighted by molar-refractivity contribution is 5.87. The summed E-state index contributed by atoms with van der Waals surface area (Å²) in [6.45, 7) is 0. The summed E-state index contributed by atoms with van der Waals surface area (Å²) in [4.78, 5) is 15.6. The number of rotatable bonds is 2. The van der Waals surface area contributed by atoms with Crippen LogP contribution in [-0.2, 0) is 11.2 Å². The van der Waals surface area contributed by atoms with E-state index in [1.54, 1.807) is 6.07 Å². The van der Waals surface area contributed by atoms with Crippen LogP contribution >= 0.6 is 0 Å². The Bertz CT molecular complexity index is 845. The molecule has 0 fully saturated rings. The van der Waals surface area contributed by atoms with Crippen LogP contribution in [0.2, 0.25) is 0 Å². The summed E-state index contributed by atoms with van der Waals surface area (Å²) >= 11 is 0. The van der Waals surface area contributed by atoms with Crippen molar-refractivity contribution >= 4 is 11.7 Å². The molecule has 7 nitrogen and oxygen atoms in total. The Hall–Kier alpha value is -2.86. The van der Waals surface area contributed by atoms with E-state index in [4.69, 9.17) is 15.8 Å². The summed E-state index contributed by atoms with van der Waals surface area (Å²) < 4.78 is 17.3. The molecule has 0 saturated carbocycles. The zero-order valence-electron chi connectivity index (χ0n) is 11.9. The molecule has 1 aliphatic rings.